The smallest absolute Gasteiger partial charge is 0.126 e. The van der Waals surface area contributed by atoms with Crippen molar-refractivity contribution in [2.75, 3.05) is 6.54 Å². The van der Waals surface area contributed by atoms with E-state index in [9.17, 15) is 4.39 Å². The van der Waals surface area contributed by atoms with Crippen molar-refractivity contribution >= 4 is 15.9 Å². The molecule has 0 aromatic heterocycles. The molecule has 0 heterocycles. The molecule has 2 rings (SSSR count). The second kappa shape index (κ2) is 7.00. The molecule has 1 unspecified atom stereocenters. The first kappa shape index (κ1) is 15.2. The van der Waals surface area contributed by atoms with Crippen LogP contribution in [0.5, 0.6) is 0 Å². The molecule has 0 radical (unpaired) electrons. The zero-order chi connectivity index (χ0) is 14.5. The van der Waals surface area contributed by atoms with Gasteiger partial charge in [0.1, 0.15) is 5.82 Å². The number of nitrogens with one attached hydrogen (secondary N) is 1. The van der Waals surface area contributed by atoms with Gasteiger partial charge in [0, 0.05) is 10.5 Å². The minimum atomic E-state index is -0.140. The third-order valence-corrected chi connectivity index (χ3v) is 4.51. The molecule has 106 valence electrons. The van der Waals surface area contributed by atoms with E-state index in [0.717, 1.165) is 16.6 Å². The maximum absolute atomic E-state index is 13.8. The zero-order valence-electron chi connectivity index (χ0n) is 11.8. The van der Waals surface area contributed by atoms with E-state index in [-0.39, 0.29) is 11.9 Å². The Morgan fingerprint density at radius 3 is 2.60 bits per heavy atom. The highest BCUT2D eigenvalue weighted by Crippen LogP contribution is 2.29. The van der Waals surface area contributed by atoms with Crippen LogP contribution in [0, 0.1) is 12.7 Å². The molecular formula is C17H19BrFN. The normalized spacial score (nSPS) is 12.4. The fraction of sp³-hybridized carbons (Fsp3) is 0.294. The van der Waals surface area contributed by atoms with Crippen molar-refractivity contribution < 1.29 is 4.39 Å². The number of rotatable bonds is 5. The number of hydrogen-bond acceptors (Lipinski definition) is 1. The summed E-state index contributed by atoms with van der Waals surface area (Å²) in [5.41, 5.74) is 3.11. The van der Waals surface area contributed by atoms with Gasteiger partial charge < -0.3 is 5.32 Å². The van der Waals surface area contributed by atoms with Crippen molar-refractivity contribution in [1.29, 1.82) is 0 Å². The molecule has 0 amide bonds. The quantitative estimate of drug-likeness (QED) is 0.828. The molecule has 0 aliphatic rings. The fourth-order valence-electron chi connectivity index (χ4n) is 2.36. The van der Waals surface area contributed by atoms with Gasteiger partial charge in [0.05, 0.1) is 0 Å². The molecule has 3 heteroatoms. The van der Waals surface area contributed by atoms with Gasteiger partial charge in [-0.2, -0.15) is 0 Å². The van der Waals surface area contributed by atoms with E-state index >= 15 is 0 Å². The molecule has 0 saturated carbocycles. The summed E-state index contributed by atoms with van der Waals surface area (Å²) in [7, 11) is 0. The van der Waals surface area contributed by atoms with E-state index in [2.05, 4.69) is 47.2 Å². The number of hydrogen-bond donors (Lipinski definition) is 1. The first-order valence-electron chi connectivity index (χ1n) is 6.85. The van der Waals surface area contributed by atoms with Crippen LogP contribution in [0.3, 0.4) is 0 Å². The Balaban J connectivity index is 2.32. The molecule has 0 spiro atoms. The van der Waals surface area contributed by atoms with Crippen molar-refractivity contribution in [3.8, 4) is 0 Å². The van der Waals surface area contributed by atoms with Gasteiger partial charge in [-0.1, -0.05) is 59.3 Å². The number of benzene rings is 2. The predicted octanol–water partition coefficient (Wildman–Crippen LogP) is 4.79. The third kappa shape index (κ3) is 3.47. The Morgan fingerprint density at radius 1 is 1.15 bits per heavy atom. The van der Waals surface area contributed by atoms with Gasteiger partial charge in [-0.05, 0) is 42.6 Å². The fourth-order valence-corrected chi connectivity index (χ4v) is 2.90. The summed E-state index contributed by atoms with van der Waals surface area (Å²) >= 11 is 3.65. The summed E-state index contributed by atoms with van der Waals surface area (Å²) < 4.78 is 14.9. The van der Waals surface area contributed by atoms with Crippen LogP contribution in [-0.2, 0) is 6.42 Å². The Kier molecular flexibility index (Phi) is 5.32. The second-order valence-corrected chi connectivity index (χ2v) is 5.68. The summed E-state index contributed by atoms with van der Waals surface area (Å²) in [6.45, 7) is 4.98. The van der Waals surface area contributed by atoms with Crippen LogP contribution >= 0.6 is 15.9 Å². The van der Waals surface area contributed by atoms with Crippen molar-refractivity contribution in [2.24, 2.45) is 0 Å². The molecule has 0 aliphatic heterocycles. The molecule has 0 bridgehead atoms. The van der Waals surface area contributed by atoms with Crippen LogP contribution in [0.15, 0.2) is 46.9 Å². The highest BCUT2D eigenvalue weighted by Gasteiger charge is 2.16. The lowest BCUT2D eigenvalue weighted by Gasteiger charge is -2.21. The van der Waals surface area contributed by atoms with E-state index in [4.69, 9.17) is 0 Å². The van der Waals surface area contributed by atoms with Crippen molar-refractivity contribution in [2.45, 2.75) is 26.3 Å². The van der Waals surface area contributed by atoms with Gasteiger partial charge in [-0.3, -0.25) is 0 Å². The van der Waals surface area contributed by atoms with Crippen LogP contribution in [-0.4, -0.2) is 6.54 Å². The van der Waals surface area contributed by atoms with Crippen LogP contribution in [0.1, 0.15) is 29.7 Å². The minimum Gasteiger partial charge on any atom is -0.310 e. The van der Waals surface area contributed by atoms with Crippen molar-refractivity contribution in [3.63, 3.8) is 0 Å². The Bertz CT molecular complexity index is 583. The van der Waals surface area contributed by atoms with Crippen LogP contribution in [0.25, 0.3) is 0 Å². The molecule has 2 aromatic rings. The molecular weight excluding hydrogens is 317 g/mol. The summed E-state index contributed by atoms with van der Waals surface area (Å²) in [4.78, 5) is 0. The topological polar surface area (TPSA) is 12.0 Å². The Hall–Kier alpha value is -1.19. The van der Waals surface area contributed by atoms with Crippen molar-refractivity contribution in [3.05, 3.63) is 69.4 Å². The molecule has 1 atom stereocenters. The summed E-state index contributed by atoms with van der Waals surface area (Å²) in [6.07, 6.45) is 0.641. The second-order valence-electron chi connectivity index (χ2n) is 4.88. The van der Waals surface area contributed by atoms with Gasteiger partial charge in [0.2, 0.25) is 0 Å². The average molecular weight is 336 g/mol. The number of halogens is 2. The monoisotopic (exact) mass is 335 g/mol. The molecule has 0 saturated heterocycles. The third-order valence-electron chi connectivity index (χ3n) is 3.43. The van der Waals surface area contributed by atoms with E-state index in [1.165, 1.54) is 17.2 Å². The maximum Gasteiger partial charge on any atom is 0.126 e. The SMILES string of the molecule is CCNC(Cc1ccccc1F)c1cccc(C)c1Br. The minimum absolute atomic E-state index is 0.103. The summed E-state index contributed by atoms with van der Waals surface area (Å²) in [5, 5.41) is 3.45. The van der Waals surface area contributed by atoms with Gasteiger partial charge in [0.15, 0.2) is 0 Å². The van der Waals surface area contributed by atoms with E-state index in [1.54, 1.807) is 6.07 Å². The highest BCUT2D eigenvalue weighted by atomic mass is 79.9. The Labute approximate surface area is 128 Å². The molecule has 20 heavy (non-hydrogen) atoms. The summed E-state index contributed by atoms with van der Waals surface area (Å²) in [5.74, 6) is -0.140. The van der Waals surface area contributed by atoms with Crippen LogP contribution < -0.4 is 5.32 Å². The molecule has 0 aliphatic carbocycles. The largest absolute Gasteiger partial charge is 0.310 e. The highest BCUT2D eigenvalue weighted by molar-refractivity contribution is 9.10. The van der Waals surface area contributed by atoms with Crippen LogP contribution in [0.2, 0.25) is 0 Å². The zero-order valence-corrected chi connectivity index (χ0v) is 13.4. The lowest BCUT2D eigenvalue weighted by molar-refractivity contribution is 0.526. The molecule has 1 nitrogen and oxygen atoms in total. The van der Waals surface area contributed by atoms with E-state index in [1.807, 2.05) is 18.2 Å². The standard InChI is InChI=1S/C17H19BrFN/c1-3-20-16(11-13-8-4-5-10-15(13)19)14-9-6-7-12(2)17(14)18/h4-10,16,20H,3,11H2,1-2H3. The van der Waals surface area contributed by atoms with Crippen molar-refractivity contribution in [1.82, 2.24) is 5.32 Å². The molecule has 1 N–H and O–H groups in total. The van der Waals surface area contributed by atoms with Crippen LogP contribution in [0.4, 0.5) is 4.39 Å². The Morgan fingerprint density at radius 2 is 1.90 bits per heavy atom. The maximum atomic E-state index is 13.8. The first-order chi connectivity index (χ1) is 9.63. The summed E-state index contributed by atoms with van der Waals surface area (Å²) in [6, 6.07) is 13.3. The first-order valence-corrected chi connectivity index (χ1v) is 7.64. The number of aryl methyl sites for hydroxylation is 1. The lowest BCUT2D eigenvalue weighted by Crippen LogP contribution is -2.23. The predicted molar refractivity (Wildman–Crippen MR) is 85.4 cm³/mol. The van der Waals surface area contributed by atoms with Gasteiger partial charge in [-0.25, -0.2) is 4.39 Å². The molecule has 0 fully saturated rings. The van der Waals surface area contributed by atoms with Gasteiger partial charge in [-0.15, -0.1) is 0 Å². The molecule has 2 aromatic carbocycles. The lowest BCUT2D eigenvalue weighted by atomic mass is 9.97. The van der Waals surface area contributed by atoms with Gasteiger partial charge in [0.25, 0.3) is 0 Å². The average Bonchev–Trinajstić information content (AvgIpc) is 2.44. The van der Waals surface area contributed by atoms with E-state index < -0.39 is 0 Å². The number of likely N-dealkylation sites (N-methyl/N-ethyl adjacent to an activating group) is 1. The van der Waals surface area contributed by atoms with Gasteiger partial charge >= 0.3 is 0 Å². The van der Waals surface area contributed by atoms with E-state index in [0.29, 0.717) is 6.42 Å².